The fourth-order valence-corrected chi connectivity index (χ4v) is 1.34. The van der Waals surface area contributed by atoms with Gasteiger partial charge in [-0.15, -0.1) is 0 Å². The molecule has 1 saturated carbocycles. The number of nitrogens with one attached hydrogen (secondary N) is 1. The summed E-state index contributed by atoms with van der Waals surface area (Å²) in [6.07, 6.45) is 0.0632. The van der Waals surface area contributed by atoms with E-state index in [-0.39, 0.29) is 24.0 Å². The van der Waals surface area contributed by atoms with Gasteiger partial charge in [-0.25, -0.2) is 4.79 Å². The van der Waals surface area contributed by atoms with Crippen molar-refractivity contribution in [3.05, 3.63) is 0 Å². The van der Waals surface area contributed by atoms with Gasteiger partial charge in [-0.05, 0) is 27.2 Å². The molecule has 0 aromatic heterocycles. The highest BCUT2D eigenvalue weighted by molar-refractivity contribution is 6.17. The van der Waals surface area contributed by atoms with Crippen molar-refractivity contribution in [1.29, 1.82) is 0 Å². The molecule has 2 atom stereocenters. The summed E-state index contributed by atoms with van der Waals surface area (Å²) in [6, 6.07) is -0.348. The molecule has 1 rings (SSSR count). The van der Waals surface area contributed by atoms with E-state index in [9.17, 15) is 9.59 Å². The Morgan fingerprint density at radius 2 is 2.06 bits per heavy atom. The predicted octanol–water partition coefficient (Wildman–Crippen LogP) is 1.64. The zero-order valence-electron chi connectivity index (χ0n) is 9.58. The molecular weight excluding hydrogens is 234 g/mol. The molecule has 0 heterocycles. The van der Waals surface area contributed by atoms with Crippen LogP contribution in [0.15, 0.2) is 0 Å². The third-order valence-electron chi connectivity index (χ3n) is 1.99. The lowest BCUT2D eigenvalue weighted by Crippen LogP contribution is -2.35. The van der Waals surface area contributed by atoms with Crippen LogP contribution in [-0.4, -0.2) is 29.8 Å². The smallest absolute Gasteiger partial charge is 0.407 e. The van der Waals surface area contributed by atoms with Gasteiger partial charge in [0.1, 0.15) is 5.60 Å². The Bertz CT molecular complexity index is 287. The Balaban J connectivity index is 2.26. The second-order valence-corrected chi connectivity index (χ2v) is 4.89. The van der Waals surface area contributed by atoms with Crippen LogP contribution in [0.25, 0.3) is 0 Å². The molecule has 0 radical (unpaired) electrons. The van der Waals surface area contributed by atoms with Crippen LogP contribution in [0.2, 0.25) is 0 Å². The highest BCUT2D eigenvalue weighted by atomic mass is 35.5. The molecule has 6 heteroatoms. The van der Waals surface area contributed by atoms with Gasteiger partial charge < -0.3 is 14.8 Å². The first-order valence-corrected chi connectivity index (χ1v) is 5.59. The van der Waals surface area contributed by atoms with E-state index >= 15 is 0 Å². The number of ether oxygens (including phenoxy) is 2. The lowest BCUT2D eigenvalue weighted by atomic mass is 10.2. The van der Waals surface area contributed by atoms with Crippen molar-refractivity contribution in [1.82, 2.24) is 5.32 Å². The Morgan fingerprint density at radius 1 is 1.44 bits per heavy atom. The molecule has 0 aromatic carbocycles. The summed E-state index contributed by atoms with van der Waals surface area (Å²) in [7, 11) is 0. The van der Waals surface area contributed by atoms with E-state index in [0.717, 1.165) is 0 Å². The number of carbonyl (C=O) groups is 2. The molecule has 1 aliphatic carbocycles. The van der Waals surface area contributed by atoms with E-state index in [1.165, 1.54) is 0 Å². The Morgan fingerprint density at radius 3 is 2.56 bits per heavy atom. The standard InChI is InChI=1S/C10H16ClNO4/c1-10(2,3)16-9(14)12-7-4-6(7)8(13)15-5-11/h6-7H,4-5H2,1-3H3,(H,12,14)/t6-,7+/m0/s1. The van der Waals surface area contributed by atoms with Gasteiger partial charge in [-0.2, -0.15) is 0 Å². The molecule has 0 spiro atoms. The van der Waals surface area contributed by atoms with Crippen LogP contribution in [0.1, 0.15) is 27.2 Å². The molecule has 1 aliphatic rings. The summed E-state index contributed by atoms with van der Waals surface area (Å²) in [6.45, 7) is 5.33. The van der Waals surface area contributed by atoms with E-state index in [2.05, 4.69) is 10.1 Å². The quantitative estimate of drug-likeness (QED) is 0.610. The second kappa shape index (κ2) is 4.91. The molecule has 92 valence electrons. The zero-order valence-corrected chi connectivity index (χ0v) is 10.3. The molecule has 1 N–H and O–H groups in total. The van der Waals surface area contributed by atoms with Crippen LogP contribution in [0.3, 0.4) is 0 Å². The summed E-state index contributed by atoms with van der Waals surface area (Å²) >= 11 is 5.25. The summed E-state index contributed by atoms with van der Waals surface area (Å²) < 4.78 is 9.66. The van der Waals surface area contributed by atoms with Gasteiger partial charge in [-0.1, -0.05) is 11.6 Å². The Hall–Kier alpha value is -0.970. The van der Waals surface area contributed by atoms with E-state index in [1.54, 1.807) is 20.8 Å². The topological polar surface area (TPSA) is 64.6 Å². The summed E-state index contributed by atoms with van der Waals surface area (Å²) in [5.74, 6) is -0.665. The first-order valence-electron chi connectivity index (χ1n) is 5.05. The van der Waals surface area contributed by atoms with Crippen molar-refractivity contribution in [2.75, 3.05) is 6.07 Å². The third kappa shape index (κ3) is 4.26. The highest BCUT2D eigenvalue weighted by Crippen LogP contribution is 2.31. The molecule has 1 amide bonds. The molecule has 0 saturated heterocycles. The molecule has 0 aliphatic heterocycles. The SMILES string of the molecule is CC(C)(C)OC(=O)N[C@@H]1C[C@@H]1C(=O)OCCl. The Labute approximate surface area is 99.4 Å². The molecular formula is C10H16ClNO4. The molecule has 0 bridgehead atoms. The summed E-state index contributed by atoms with van der Waals surface area (Å²) in [5.41, 5.74) is -0.537. The van der Waals surface area contributed by atoms with Crippen LogP contribution < -0.4 is 5.32 Å². The van der Waals surface area contributed by atoms with Gasteiger partial charge >= 0.3 is 12.1 Å². The summed E-state index contributed by atoms with van der Waals surface area (Å²) in [5, 5.41) is 2.59. The van der Waals surface area contributed by atoms with Crippen LogP contribution in [-0.2, 0) is 14.3 Å². The fraction of sp³-hybridized carbons (Fsp3) is 0.800. The van der Waals surface area contributed by atoms with Crippen molar-refractivity contribution in [3.8, 4) is 0 Å². The third-order valence-corrected chi connectivity index (χ3v) is 2.10. The van der Waals surface area contributed by atoms with Gasteiger partial charge in [0.2, 0.25) is 0 Å². The number of hydrogen-bond acceptors (Lipinski definition) is 4. The largest absolute Gasteiger partial charge is 0.449 e. The van der Waals surface area contributed by atoms with E-state index < -0.39 is 11.7 Å². The van der Waals surface area contributed by atoms with Gasteiger partial charge in [0.05, 0.1) is 5.92 Å². The molecule has 16 heavy (non-hydrogen) atoms. The number of alkyl halides is 1. The average Bonchev–Trinajstić information content (AvgIpc) is 2.80. The van der Waals surface area contributed by atoms with E-state index in [4.69, 9.17) is 16.3 Å². The van der Waals surface area contributed by atoms with E-state index in [1.807, 2.05) is 0 Å². The number of carbonyl (C=O) groups excluding carboxylic acids is 2. The van der Waals surface area contributed by atoms with Crippen molar-refractivity contribution in [2.24, 2.45) is 5.92 Å². The monoisotopic (exact) mass is 249 g/mol. The number of amides is 1. The minimum atomic E-state index is -0.537. The van der Waals surface area contributed by atoms with Crippen LogP contribution in [0.5, 0.6) is 0 Å². The van der Waals surface area contributed by atoms with E-state index in [0.29, 0.717) is 6.42 Å². The van der Waals surface area contributed by atoms with Crippen LogP contribution in [0.4, 0.5) is 4.79 Å². The molecule has 0 unspecified atom stereocenters. The van der Waals surface area contributed by atoms with Gasteiger partial charge in [0.25, 0.3) is 0 Å². The minimum absolute atomic E-state index is 0.158. The number of halogens is 1. The molecule has 1 fully saturated rings. The average molecular weight is 250 g/mol. The van der Waals surface area contributed by atoms with Crippen molar-refractivity contribution in [2.45, 2.75) is 38.8 Å². The zero-order chi connectivity index (χ0) is 12.3. The number of alkyl carbamates (subject to hydrolysis) is 1. The first-order chi connectivity index (χ1) is 7.33. The maximum Gasteiger partial charge on any atom is 0.407 e. The maximum atomic E-state index is 11.3. The van der Waals surface area contributed by atoms with Crippen molar-refractivity contribution >= 4 is 23.7 Å². The number of rotatable bonds is 3. The highest BCUT2D eigenvalue weighted by Gasteiger charge is 2.46. The van der Waals surface area contributed by atoms with Crippen molar-refractivity contribution < 1.29 is 19.1 Å². The van der Waals surface area contributed by atoms with Gasteiger partial charge in [0.15, 0.2) is 6.07 Å². The lowest BCUT2D eigenvalue weighted by Gasteiger charge is -2.19. The van der Waals surface area contributed by atoms with Gasteiger partial charge in [0, 0.05) is 6.04 Å². The lowest BCUT2D eigenvalue weighted by molar-refractivity contribution is -0.143. The first kappa shape index (κ1) is 13.1. The number of hydrogen-bond donors (Lipinski definition) is 1. The van der Waals surface area contributed by atoms with Crippen LogP contribution in [0, 0.1) is 5.92 Å². The van der Waals surface area contributed by atoms with Crippen LogP contribution >= 0.6 is 11.6 Å². The van der Waals surface area contributed by atoms with Gasteiger partial charge in [-0.3, -0.25) is 4.79 Å². The Kier molecular flexibility index (Phi) is 4.02. The maximum absolute atomic E-state index is 11.3. The number of esters is 1. The van der Waals surface area contributed by atoms with Crippen molar-refractivity contribution in [3.63, 3.8) is 0 Å². The second-order valence-electron chi connectivity index (χ2n) is 4.67. The molecule has 5 nitrogen and oxygen atoms in total. The molecule has 0 aromatic rings. The summed E-state index contributed by atoms with van der Waals surface area (Å²) in [4.78, 5) is 22.5. The normalized spacial score (nSPS) is 23.5. The minimum Gasteiger partial charge on any atom is -0.449 e. The fourth-order valence-electron chi connectivity index (χ4n) is 1.23. The predicted molar refractivity (Wildman–Crippen MR) is 58.1 cm³/mol.